The monoisotopic (exact) mass is 477 g/mol. The quantitative estimate of drug-likeness (QED) is 0.647. The minimum Gasteiger partial charge on any atom is -0.329 e. The number of Topliss-reactive ketones (excluding diaryl/α,β-unsaturated/α-hetero) is 1. The molecule has 3 heterocycles. The van der Waals surface area contributed by atoms with E-state index in [1.807, 2.05) is 0 Å². The van der Waals surface area contributed by atoms with Gasteiger partial charge in [-0.3, -0.25) is 19.4 Å². The van der Waals surface area contributed by atoms with E-state index in [9.17, 15) is 27.6 Å². The van der Waals surface area contributed by atoms with Crippen LogP contribution in [0.1, 0.15) is 57.2 Å². The van der Waals surface area contributed by atoms with Crippen molar-refractivity contribution in [3.63, 3.8) is 0 Å². The summed E-state index contributed by atoms with van der Waals surface area (Å²) in [6.07, 6.45) is -3.44. The summed E-state index contributed by atoms with van der Waals surface area (Å²) in [4.78, 5) is 43.0. The van der Waals surface area contributed by atoms with Crippen molar-refractivity contribution in [1.82, 2.24) is 15.2 Å². The highest BCUT2D eigenvalue weighted by Gasteiger charge is 2.44. The van der Waals surface area contributed by atoms with Crippen molar-refractivity contribution in [3.8, 4) is 0 Å². The number of rotatable bonds is 5. The number of piperidine rings is 1. The largest absolute Gasteiger partial charge is 0.397 e. The van der Waals surface area contributed by atoms with Crippen LogP contribution in [0.2, 0.25) is 5.02 Å². The standard InChI is InChI=1S/C23H19ClF3N3O3/c1-12-4-7-18(21(32)29-12)30-11-14-9-13(5-6-15(14)22(30)33)19(31)10-16(23(25,26)27)20-17(24)3-2-8-28-20/h2-3,5-6,8-9,16,18H,1,4,7,10-11H2,(H,29,32)/t16-,18+/m1/s1. The molecule has 6 nitrogen and oxygen atoms in total. The van der Waals surface area contributed by atoms with Crippen LogP contribution in [0.15, 0.2) is 48.8 Å². The number of hydrogen-bond donors (Lipinski definition) is 1. The Balaban J connectivity index is 1.56. The van der Waals surface area contributed by atoms with Crippen LogP contribution in [0.25, 0.3) is 0 Å². The molecule has 172 valence electrons. The number of nitrogens with one attached hydrogen (secondary N) is 1. The summed E-state index contributed by atoms with van der Waals surface area (Å²) >= 11 is 5.90. The second-order valence-corrected chi connectivity index (χ2v) is 8.45. The molecule has 1 N–H and O–H groups in total. The fourth-order valence-corrected chi connectivity index (χ4v) is 4.41. The molecule has 2 aliphatic heterocycles. The maximum Gasteiger partial charge on any atom is 0.397 e. The molecule has 1 fully saturated rings. The van der Waals surface area contributed by atoms with Gasteiger partial charge in [0, 0.05) is 36.0 Å². The molecule has 0 spiro atoms. The van der Waals surface area contributed by atoms with Gasteiger partial charge in [-0.1, -0.05) is 24.2 Å². The first kappa shape index (κ1) is 23.0. The topological polar surface area (TPSA) is 79.4 Å². The first-order valence-corrected chi connectivity index (χ1v) is 10.6. The van der Waals surface area contributed by atoms with E-state index < -0.39 is 36.0 Å². The van der Waals surface area contributed by atoms with Gasteiger partial charge in [0.05, 0.1) is 10.7 Å². The third kappa shape index (κ3) is 4.50. The van der Waals surface area contributed by atoms with Gasteiger partial charge >= 0.3 is 6.18 Å². The lowest BCUT2D eigenvalue weighted by molar-refractivity contribution is -0.150. The van der Waals surface area contributed by atoms with E-state index in [0.717, 1.165) is 0 Å². The SMILES string of the molecule is C=C1CC[C@H](N2Cc3cc(C(=O)C[C@H](c4ncccc4Cl)C(F)(F)F)ccc3C2=O)C(=O)N1. The lowest BCUT2D eigenvalue weighted by atomic mass is 9.93. The number of carbonyl (C=O) groups excluding carboxylic acids is 3. The van der Waals surface area contributed by atoms with Crippen LogP contribution in [0, 0.1) is 0 Å². The number of allylic oxidation sites excluding steroid dienone is 1. The molecule has 33 heavy (non-hydrogen) atoms. The fraction of sp³-hybridized carbons (Fsp3) is 0.304. The Morgan fingerprint density at radius 2 is 2.06 bits per heavy atom. The highest BCUT2D eigenvalue weighted by Crippen LogP contribution is 2.40. The number of fused-ring (bicyclic) bond motifs is 1. The number of nitrogens with zero attached hydrogens (tertiary/aromatic N) is 2. The average Bonchev–Trinajstić information content (AvgIpc) is 3.07. The van der Waals surface area contributed by atoms with Crippen molar-refractivity contribution in [2.24, 2.45) is 0 Å². The van der Waals surface area contributed by atoms with Gasteiger partial charge in [0.1, 0.15) is 12.0 Å². The minimum absolute atomic E-state index is 0.0474. The van der Waals surface area contributed by atoms with Gasteiger partial charge in [0.15, 0.2) is 5.78 Å². The zero-order chi connectivity index (χ0) is 23.9. The van der Waals surface area contributed by atoms with E-state index in [1.165, 1.54) is 41.4 Å². The molecule has 2 amide bonds. The van der Waals surface area contributed by atoms with Gasteiger partial charge in [-0.05, 0) is 42.7 Å². The van der Waals surface area contributed by atoms with Crippen molar-refractivity contribution in [2.75, 3.05) is 0 Å². The molecule has 0 unspecified atom stereocenters. The molecule has 0 radical (unpaired) electrons. The summed E-state index contributed by atoms with van der Waals surface area (Å²) in [5.74, 6) is -3.60. The molecule has 1 aromatic carbocycles. The van der Waals surface area contributed by atoms with Crippen molar-refractivity contribution >= 4 is 29.2 Å². The molecular weight excluding hydrogens is 459 g/mol. The molecule has 4 rings (SSSR count). The third-order valence-electron chi connectivity index (χ3n) is 5.86. The summed E-state index contributed by atoms with van der Waals surface area (Å²) < 4.78 is 41.1. The van der Waals surface area contributed by atoms with E-state index in [0.29, 0.717) is 29.7 Å². The minimum atomic E-state index is -4.73. The summed E-state index contributed by atoms with van der Waals surface area (Å²) in [6.45, 7) is 3.81. The van der Waals surface area contributed by atoms with E-state index >= 15 is 0 Å². The normalized spacial score (nSPS) is 19.3. The lowest BCUT2D eigenvalue weighted by Crippen LogP contribution is -2.49. The van der Waals surface area contributed by atoms with Crippen LogP contribution in [0.5, 0.6) is 0 Å². The molecule has 2 aromatic rings. The molecule has 0 bridgehead atoms. The van der Waals surface area contributed by atoms with Crippen molar-refractivity contribution in [1.29, 1.82) is 0 Å². The smallest absolute Gasteiger partial charge is 0.329 e. The molecular formula is C23H19ClF3N3O3. The number of benzene rings is 1. The van der Waals surface area contributed by atoms with Gasteiger partial charge in [-0.25, -0.2) is 0 Å². The Labute approximate surface area is 192 Å². The number of alkyl halides is 3. The Morgan fingerprint density at radius 1 is 1.30 bits per heavy atom. The maximum absolute atomic E-state index is 13.7. The van der Waals surface area contributed by atoms with Crippen molar-refractivity contribution < 1.29 is 27.6 Å². The van der Waals surface area contributed by atoms with Gasteiger partial charge in [0.25, 0.3) is 5.91 Å². The predicted octanol–water partition coefficient (Wildman–Crippen LogP) is 4.40. The fourth-order valence-electron chi connectivity index (χ4n) is 4.15. The summed E-state index contributed by atoms with van der Waals surface area (Å²) in [6, 6.07) is 6.20. The molecule has 2 atom stereocenters. The van der Waals surface area contributed by atoms with Crippen LogP contribution in [-0.4, -0.2) is 39.7 Å². The van der Waals surface area contributed by atoms with E-state index in [2.05, 4.69) is 16.9 Å². The summed E-state index contributed by atoms with van der Waals surface area (Å²) in [7, 11) is 0. The second kappa shape index (κ2) is 8.62. The van der Waals surface area contributed by atoms with Crippen LogP contribution in [-0.2, 0) is 11.3 Å². The lowest BCUT2D eigenvalue weighted by Gasteiger charge is -2.30. The second-order valence-electron chi connectivity index (χ2n) is 8.04. The van der Waals surface area contributed by atoms with Gasteiger partial charge in [-0.2, -0.15) is 13.2 Å². The highest BCUT2D eigenvalue weighted by molar-refractivity contribution is 6.31. The first-order chi connectivity index (χ1) is 15.6. The summed E-state index contributed by atoms with van der Waals surface area (Å²) in [5.41, 5.74) is 1.03. The first-order valence-electron chi connectivity index (χ1n) is 10.2. The van der Waals surface area contributed by atoms with E-state index in [1.54, 1.807) is 0 Å². The predicted molar refractivity (Wildman–Crippen MR) is 114 cm³/mol. The van der Waals surface area contributed by atoms with Gasteiger partial charge in [-0.15, -0.1) is 0 Å². The molecule has 1 saturated heterocycles. The van der Waals surface area contributed by atoms with E-state index in [-0.39, 0.29) is 28.9 Å². The molecule has 1 aromatic heterocycles. The summed E-state index contributed by atoms with van der Waals surface area (Å²) in [5, 5.41) is 2.46. The number of aromatic nitrogens is 1. The molecule has 0 saturated carbocycles. The van der Waals surface area contributed by atoms with Crippen LogP contribution in [0.4, 0.5) is 13.2 Å². The zero-order valence-electron chi connectivity index (χ0n) is 17.3. The Kier molecular flexibility index (Phi) is 6.00. The maximum atomic E-state index is 13.7. The Hall–Kier alpha value is -3.20. The number of amides is 2. The average molecular weight is 478 g/mol. The molecule has 2 aliphatic rings. The van der Waals surface area contributed by atoms with Crippen molar-refractivity contribution in [2.45, 2.75) is 43.9 Å². The molecule has 0 aliphatic carbocycles. The van der Waals surface area contributed by atoms with Crippen LogP contribution >= 0.6 is 11.6 Å². The number of ketones is 1. The van der Waals surface area contributed by atoms with Gasteiger partial charge in [0.2, 0.25) is 5.91 Å². The van der Waals surface area contributed by atoms with E-state index in [4.69, 9.17) is 11.6 Å². The van der Waals surface area contributed by atoms with Crippen LogP contribution < -0.4 is 5.32 Å². The van der Waals surface area contributed by atoms with Crippen molar-refractivity contribution in [3.05, 3.63) is 76.2 Å². The Bertz CT molecular complexity index is 1170. The zero-order valence-corrected chi connectivity index (χ0v) is 18.0. The van der Waals surface area contributed by atoms with Gasteiger partial charge < -0.3 is 10.2 Å². The number of carbonyl (C=O) groups is 3. The number of pyridine rings is 1. The number of hydrogen-bond acceptors (Lipinski definition) is 4. The Morgan fingerprint density at radius 3 is 2.73 bits per heavy atom. The third-order valence-corrected chi connectivity index (χ3v) is 6.18. The highest BCUT2D eigenvalue weighted by atomic mass is 35.5. The number of halogens is 4. The van der Waals surface area contributed by atoms with Crippen LogP contribution in [0.3, 0.4) is 0 Å². The molecule has 10 heteroatoms.